The molecule has 0 bridgehead atoms. The van der Waals surface area contributed by atoms with Gasteiger partial charge in [0.1, 0.15) is 0 Å². The first-order valence-corrected chi connectivity index (χ1v) is 8.00. The van der Waals surface area contributed by atoms with Crippen LogP contribution in [0.4, 0.5) is 0 Å². The molecule has 0 aliphatic carbocycles. The molecule has 0 radical (unpaired) electrons. The Morgan fingerprint density at radius 2 is 2.28 bits per heavy atom. The van der Waals surface area contributed by atoms with E-state index in [4.69, 9.17) is 23.8 Å². The van der Waals surface area contributed by atoms with Crippen LogP contribution in [-0.2, 0) is 6.54 Å². The summed E-state index contributed by atoms with van der Waals surface area (Å²) in [4.78, 5) is 7.58. The van der Waals surface area contributed by atoms with Crippen molar-refractivity contribution in [2.45, 2.75) is 19.4 Å². The van der Waals surface area contributed by atoms with Crippen molar-refractivity contribution in [3.05, 3.63) is 22.1 Å². The fraction of sp³-hybridized carbons (Fsp3) is 0.500. The number of aromatic amines is 1. The molecule has 0 atom stereocenters. The van der Waals surface area contributed by atoms with Crippen LogP contribution >= 0.6 is 35.6 Å². The second kappa shape index (κ2) is 5.23. The van der Waals surface area contributed by atoms with E-state index in [1.54, 1.807) is 6.20 Å². The first kappa shape index (κ1) is 12.5. The molecule has 6 heteroatoms. The van der Waals surface area contributed by atoms with Gasteiger partial charge in [-0.05, 0) is 48.5 Å². The van der Waals surface area contributed by atoms with Crippen LogP contribution in [-0.4, -0.2) is 26.0 Å². The fourth-order valence-electron chi connectivity index (χ4n) is 2.37. The largest absolute Gasteiger partial charge is 0.329 e. The van der Waals surface area contributed by atoms with E-state index in [-0.39, 0.29) is 0 Å². The Kier molecular flexibility index (Phi) is 3.63. The highest BCUT2D eigenvalue weighted by Crippen LogP contribution is 2.25. The van der Waals surface area contributed by atoms with Crippen LogP contribution in [0.25, 0.3) is 11.2 Å². The lowest BCUT2D eigenvalue weighted by Gasteiger charge is -2.21. The van der Waals surface area contributed by atoms with Gasteiger partial charge in [0.2, 0.25) is 0 Å². The molecule has 3 rings (SSSR count). The Morgan fingerprint density at radius 3 is 3.06 bits per heavy atom. The predicted octanol–water partition coefficient (Wildman–Crippen LogP) is 3.89. The van der Waals surface area contributed by atoms with Gasteiger partial charge in [0, 0.05) is 12.7 Å². The van der Waals surface area contributed by atoms with Crippen LogP contribution in [0.3, 0.4) is 0 Å². The maximum atomic E-state index is 5.94. The van der Waals surface area contributed by atoms with Gasteiger partial charge in [-0.15, -0.1) is 0 Å². The second-order valence-corrected chi connectivity index (χ2v) is 6.67. The topological polar surface area (TPSA) is 33.6 Å². The van der Waals surface area contributed by atoms with E-state index >= 15 is 0 Å². The quantitative estimate of drug-likeness (QED) is 0.854. The first-order valence-electron chi connectivity index (χ1n) is 6.06. The van der Waals surface area contributed by atoms with E-state index in [1.807, 2.05) is 17.8 Å². The Labute approximate surface area is 120 Å². The molecular weight excluding hydrogens is 286 g/mol. The highest BCUT2D eigenvalue weighted by atomic mass is 35.5. The summed E-state index contributed by atoms with van der Waals surface area (Å²) in [6.45, 7) is 0.966. The third-order valence-corrected chi connectivity index (χ3v) is 4.94. The van der Waals surface area contributed by atoms with E-state index in [0.717, 1.165) is 28.4 Å². The summed E-state index contributed by atoms with van der Waals surface area (Å²) < 4.78 is 2.86. The van der Waals surface area contributed by atoms with Crippen molar-refractivity contribution in [3.8, 4) is 0 Å². The zero-order valence-electron chi connectivity index (χ0n) is 9.86. The molecule has 0 saturated carbocycles. The summed E-state index contributed by atoms with van der Waals surface area (Å²) in [5, 5.41) is 0.639. The van der Waals surface area contributed by atoms with E-state index in [0.29, 0.717) is 5.02 Å². The molecule has 1 aliphatic rings. The minimum Gasteiger partial charge on any atom is -0.329 e. The average Bonchev–Trinajstić information content (AvgIpc) is 2.66. The van der Waals surface area contributed by atoms with Crippen LogP contribution in [0.15, 0.2) is 12.3 Å². The van der Waals surface area contributed by atoms with Gasteiger partial charge in [-0.1, -0.05) is 11.6 Å². The molecule has 1 fully saturated rings. The van der Waals surface area contributed by atoms with Crippen LogP contribution in [0.5, 0.6) is 0 Å². The number of halogens is 1. The lowest BCUT2D eigenvalue weighted by molar-refractivity contribution is 0.419. The van der Waals surface area contributed by atoms with Crippen LogP contribution < -0.4 is 0 Å². The van der Waals surface area contributed by atoms with Gasteiger partial charge in [0.15, 0.2) is 10.4 Å². The smallest absolute Gasteiger partial charge is 0.179 e. The molecule has 2 aromatic rings. The zero-order chi connectivity index (χ0) is 12.5. The lowest BCUT2D eigenvalue weighted by Crippen LogP contribution is -2.16. The second-order valence-electron chi connectivity index (χ2n) is 4.62. The van der Waals surface area contributed by atoms with E-state index in [1.165, 1.54) is 24.3 Å². The third kappa shape index (κ3) is 2.44. The third-order valence-electron chi connectivity index (χ3n) is 3.36. The summed E-state index contributed by atoms with van der Waals surface area (Å²) in [7, 11) is 0. The normalized spacial score (nSPS) is 17.4. The fourth-order valence-corrected chi connectivity index (χ4v) is 4.01. The number of aromatic nitrogens is 3. The number of H-pyrrole nitrogens is 1. The number of rotatable bonds is 2. The summed E-state index contributed by atoms with van der Waals surface area (Å²) >= 11 is 13.4. The number of thioether (sulfide) groups is 1. The number of nitrogens with one attached hydrogen (secondary N) is 1. The van der Waals surface area contributed by atoms with Crippen molar-refractivity contribution in [3.63, 3.8) is 0 Å². The molecule has 2 aromatic heterocycles. The molecule has 1 N–H and O–H groups in total. The lowest BCUT2D eigenvalue weighted by atomic mass is 10.0. The number of imidazole rings is 1. The Morgan fingerprint density at radius 1 is 1.50 bits per heavy atom. The molecule has 0 aromatic carbocycles. The number of hydrogen-bond acceptors (Lipinski definition) is 3. The molecule has 1 saturated heterocycles. The van der Waals surface area contributed by atoms with Gasteiger partial charge < -0.3 is 9.55 Å². The summed E-state index contributed by atoms with van der Waals surface area (Å²) in [5.41, 5.74) is 1.85. The van der Waals surface area contributed by atoms with Gasteiger partial charge in [-0.2, -0.15) is 11.8 Å². The van der Waals surface area contributed by atoms with E-state index in [2.05, 4.69) is 14.5 Å². The van der Waals surface area contributed by atoms with Crippen molar-refractivity contribution in [1.29, 1.82) is 0 Å². The number of hydrogen-bond donors (Lipinski definition) is 1. The molecule has 18 heavy (non-hydrogen) atoms. The van der Waals surface area contributed by atoms with Crippen molar-refractivity contribution in [1.82, 2.24) is 14.5 Å². The molecule has 0 spiro atoms. The molecule has 0 unspecified atom stereocenters. The molecular formula is C12H14ClN3S2. The van der Waals surface area contributed by atoms with Crippen molar-refractivity contribution < 1.29 is 0 Å². The Balaban J connectivity index is 1.95. The standard InChI is InChI=1S/C12H14ClN3S2/c13-9-5-10-11(14-6-9)16(12(17)15-10)7-8-1-3-18-4-2-8/h5-6,8H,1-4,7H2,(H,15,17). The Bertz CT molecular complexity index is 613. The predicted molar refractivity (Wildman–Crippen MR) is 80.0 cm³/mol. The van der Waals surface area contributed by atoms with Gasteiger partial charge in [-0.3, -0.25) is 0 Å². The van der Waals surface area contributed by atoms with Crippen molar-refractivity contribution in [2.24, 2.45) is 5.92 Å². The molecule has 3 nitrogen and oxygen atoms in total. The summed E-state index contributed by atoms with van der Waals surface area (Å²) in [5.74, 6) is 3.24. The average molecular weight is 300 g/mol. The molecule has 0 amide bonds. The number of nitrogens with zero attached hydrogens (tertiary/aromatic N) is 2. The van der Waals surface area contributed by atoms with Crippen LogP contribution in [0.1, 0.15) is 12.8 Å². The van der Waals surface area contributed by atoms with Crippen LogP contribution in [0.2, 0.25) is 5.02 Å². The van der Waals surface area contributed by atoms with E-state index < -0.39 is 0 Å². The Hall–Kier alpha value is -0.520. The minimum atomic E-state index is 0.639. The van der Waals surface area contributed by atoms with Gasteiger partial charge in [0.05, 0.1) is 10.5 Å². The van der Waals surface area contributed by atoms with E-state index in [9.17, 15) is 0 Å². The van der Waals surface area contributed by atoms with Crippen LogP contribution in [0, 0.1) is 10.7 Å². The molecule has 1 aliphatic heterocycles. The highest BCUT2D eigenvalue weighted by molar-refractivity contribution is 7.99. The monoisotopic (exact) mass is 299 g/mol. The van der Waals surface area contributed by atoms with Crippen molar-refractivity contribution >= 4 is 46.7 Å². The van der Waals surface area contributed by atoms with Gasteiger partial charge in [-0.25, -0.2) is 4.98 Å². The molecule has 3 heterocycles. The maximum absolute atomic E-state index is 5.94. The summed E-state index contributed by atoms with van der Waals surface area (Å²) in [6, 6.07) is 1.88. The number of pyridine rings is 1. The first-order chi connectivity index (χ1) is 8.74. The highest BCUT2D eigenvalue weighted by Gasteiger charge is 2.16. The summed E-state index contributed by atoms with van der Waals surface area (Å²) in [6.07, 6.45) is 4.22. The number of fused-ring (bicyclic) bond motifs is 1. The molecule has 96 valence electrons. The minimum absolute atomic E-state index is 0.639. The van der Waals surface area contributed by atoms with Gasteiger partial charge in [0.25, 0.3) is 0 Å². The SMILES string of the molecule is S=c1[nH]c2cc(Cl)cnc2n1CC1CCSCC1. The maximum Gasteiger partial charge on any atom is 0.179 e. The zero-order valence-corrected chi connectivity index (χ0v) is 12.2. The van der Waals surface area contributed by atoms with Crippen molar-refractivity contribution in [2.75, 3.05) is 11.5 Å². The van der Waals surface area contributed by atoms with Gasteiger partial charge >= 0.3 is 0 Å².